The Bertz CT molecular complexity index is 1240. The van der Waals surface area contributed by atoms with E-state index < -0.39 is 50.5 Å². The fraction of sp³-hybridized carbons (Fsp3) is 0.522. The van der Waals surface area contributed by atoms with Crippen LogP contribution in [0.5, 0.6) is 0 Å². The average molecular weight is 588 g/mol. The topological polar surface area (TPSA) is 145 Å². The first kappa shape index (κ1) is 32.1. The van der Waals surface area contributed by atoms with E-state index in [1.165, 1.54) is 24.8 Å². The number of nitrogens with one attached hydrogen (secondary N) is 2. The van der Waals surface area contributed by atoms with Gasteiger partial charge in [-0.3, -0.25) is 9.78 Å². The number of imidazole rings is 1. The van der Waals surface area contributed by atoms with Crippen LogP contribution < -0.4 is 10.1 Å². The van der Waals surface area contributed by atoms with Gasteiger partial charge in [-0.15, -0.1) is 0 Å². The van der Waals surface area contributed by atoms with Crippen molar-refractivity contribution in [2.45, 2.75) is 61.2 Å². The third kappa shape index (κ3) is 7.94. The van der Waals surface area contributed by atoms with Crippen LogP contribution in [0.3, 0.4) is 0 Å². The summed E-state index contributed by atoms with van der Waals surface area (Å²) in [7, 11) is -4.07. The monoisotopic (exact) mass is 587 g/mol. The van der Waals surface area contributed by atoms with Gasteiger partial charge in [-0.1, -0.05) is 6.07 Å². The number of nitrogens with zero attached hydrogens (tertiary/aromatic N) is 1. The Kier molecular flexibility index (Phi) is 9.82. The van der Waals surface area contributed by atoms with Crippen LogP contribution in [0, 0.1) is 5.92 Å². The molecule has 1 aromatic heterocycles. The molecule has 0 unspecified atom stereocenters. The second-order valence-electron chi connectivity index (χ2n) is 9.36. The molecule has 1 amide bonds. The van der Waals surface area contributed by atoms with Crippen LogP contribution in [-0.4, -0.2) is 65.4 Å². The number of benzene rings is 1. The Labute approximate surface area is 219 Å². The van der Waals surface area contributed by atoms with Crippen LogP contribution >= 0.6 is 0 Å². The largest absolute Gasteiger partial charge is 0.542 e. The minimum absolute atomic E-state index is 0.123. The van der Waals surface area contributed by atoms with E-state index in [1.807, 2.05) is 0 Å². The molecular weight excluding hydrogens is 560 g/mol. The summed E-state index contributed by atoms with van der Waals surface area (Å²) in [6, 6.07) is 3.78. The number of piperidine rings is 1. The first-order valence-corrected chi connectivity index (χ1v) is 13.0. The van der Waals surface area contributed by atoms with Crippen LogP contribution in [-0.2, 0) is 32.0 Å². The van der Waals surface area contributed by atoms with Crippen LogP contribution in [0.25, 0.3) is 0 Å². The number of aliphatic carboxylic acids is 1. The fourth-order valence-corrected chi connectivity index (χ4v) is 5.92. The molecule has 0 saturated carbocycles. The summed E-state index contributed by atoms with van der Waals surface area (Å²) < 4.78 is 95.9. The predicted octanol–water partition coefficient (Wildman–Crippen LogP) is 1.54. The second-order valence-corrected chi connectivity index (χ2v) is 11.9. The Morgan fingerprint density at radius 2 is 1.72 bits per heavy atom. The van der Waals surface area contributed by atoms with Crippen molar-refractivity contribution in [3.8, 4) is 0 Å². The molecule has 16 heteroatoms. The maximum Gasteiger partial charge on any atom is 0.430 e. The van der Waals surface area contributed by atoms with Gasteiger partial charge in [0.05, 0.1) is 15.2 Å². The summed E-state index contributed by atoms with van der Waals surface area (Å²) in [6.45, 7) is 3.56. The Balaban J connectivity index is 0.000000673. The number of amides is 1. The minimum Gasteiger partial charge on any atom is -0.542 e. The van der Waals surface area contributed by atoms with Crippen LogP contribution in [0.1, 0.15) is 37.9 Å². The molecule has 3 N–H and O–H groups in total. The lowest BCUT2D eigenvalue weighted by Gasteiger charge is -2.40. The lowest BCUT2D eigenvalue weighted by molar-refractivity contribution is -0.376. The quantitative estimate of drug-likeness (QED) is 0.491. The number of carbonyl (C=O) groups excluding carboxylic acids is 2. The summed E-state index contributed by atoms with van der Waals surface area (Å²) in [5, 5.41) is 19.0. The molecule has 9 nitrogen and oxygen atoms in total. The number of carboxylic acids is 1. The number of aromatic nitrogens is 2. The molecule has 1 aromatic carbocycles. The van der Waals surface area contributed by atoms with Gasteiger partial charge in [0.25, 0.3) is 5.91 Å². The minimum atomic E-state index is -5.19. The Morgan fingerprint density at radius 3 is 2.18 bits per heavy atom. The fourth-order valence-electron chi connectivity index (χ4n) is 4.10. The third-order valence-corrected chi connectivity index (χ3v) is 9.08. The van der Waals surface area contributed by atoms with Gasteiger partial charge in [0, 0.05) is 19.5 Å². The zero-order valence-corrected chi connectivity index (χ0v) is 21.6. The van der Waals surface area contributed by atoms with E-state index in [0.717, 1.165) is 12.1 Å². The van der Waals surface area contributed by atoms with Crippen molar-refractivity contribution in [2.24, 2.45) is 5.92 Å². The first-order chi connectivity index (χ1) is 17.8. The van der Waals surface area contributed by atoms with E-state index >= 15 is 0 Å². The van der Waals surface area contributed by atoms with Crippen molar-refractivity contribution in [3.05, 3.63) is 48.0 Å². The molecule has 218 valence electrons. The maximum atomic E-state index is 13.2. The Morgan fingerprint density at radius 1 is 1.15 bits per heavy atom. The number of carboxylic acid groups (broad SMARTS) is 1. The lowest BCUT2D eigenvalue weighted by atomic mass is 9.85. The number of aliphatic hydroxyl groups excluding tert-OH is 1. The normalized spacial score (nSPS) is 16.3. The third-order valence-electron chi connectivity index (χ3n) is 6.48. The molecule has 3 rings (SSSR count). The standard InChI is InChI=1S/C21H26F3N3O4S.C2HF3O2/c1-20(2,32(30,31)17-5-3-4-15(10-17)21(22,23)24)14-6-8-27(9-7-14)19(29)18(28)11-16-12-25-13-26-16;3-2(4,5)1(6)7/h3-5,10,12-14,18,28H,6-9,11H2,1-2H3,(H,25,26);(H,6,7)/t18-;/m0./s1. The van der Waals surface area contributed by atoms with E-state index in [0.29, 0.717) is 24.6 Å². The number of halogens is 6. The predicted molar refractivity (Wildman–Crippen MR) is 120 cm³/mol. The van der Waals surface area contributed by atoms with Crippen LogP contribution in [0.15, 0.2) is 41.7 Å². The number of hydrogen-bond donors (Lipinski definition) is 2. The van der Waals surface area contributed by atoms with Crippen molar-refractivity contribution in [2.75, 3.05) is 13.1 Å². The molecule has 2 heterocycles. The van der Waals surface area contributed by atoms with E-state index in [4.69, 9.17) is 9.90 Å². The first-order valence-electron chi connectivity index (χ1n) is 11.5. The Hall–Kier alpha value is -3.14. The molecule has 0 spiro atoms. The smallest absolute Gasteiger partial charge is 0.430 e. The van der Waals surface area contributed by atoms with Gasteiger partial charge in [0.15, 0.2) is 9.84 Å². The molecule has 2 aromatic rings. The summed E-state index contributed by atoms with van der Waals surface area (Å²) in [6.07, 6.45) is -6.99. The summed E-state index contributed by atoms with van der Waals surface area (Å²) in [4.78, 5) is 28.2. The molecular formula is C23H27F6N3O6S. The van der Waals surface area contributed by atoms with E-state index in [9.17, 15) is 44.7 Å². The molecule has 39 heavy (non-hydrogen) atoms. The van der Waals surface area contributed by atoms with Crippen molar-refractivity contribution in [1.82, 2.24) is 9.88 Å². The average Bonchev–Trinajstić information content (AvgIpc) is 3.36. The molecule has 1 aliphatic heterocycles. The van der Waals surface area contributed by atoms with Gasteiger partial charge in [-0.05, 0) is 50.8 Å². The zero-order chi connectivity index (χ0) is 29.8. The van der Waals surface area contributed by atoms with Gasteiger partial charge in [0.1, 0.15) is 24.0 Å². The summed E-state index contributed by atoms with van der Waals surface area (Å²) in [5.41, 5.74) is -0.336. The van der Waals surface area contributed by atoms with Gasteiger partial charge in [0.2, 0.25) is 6.33 Å². The molecule has 0 bridgehead atoms. The molecule has 1 fully saturated rings. The number of sulfone groups is 1. The zero-order valence-electron chi connectivity index (χ0n) is 20.8. The highest BCUT2D eigenvalue weighted by Gasteiger charge is 2.45. The highest BCUT2D eigenvalue weighted by molar-refractivity contribution is 7.92. The molecule has 1 saturated heterocycles. The number of aliphatic hydroxyl groups is 1. The number of carbonyl (C=O) groups is 2. The van der Waals surface area contributed by atoms with E-state index in [-0.39, 0.29) is 30.3 Å². The lowest BCUT2D eigenvalue weighted by Crippen LogP contribution is -2.50. The van der Waals surface area contributed by atoms with Crippen molar-refractivity contribution in [3.63, 3.8) is 0 Å². The van der Waals surface area contributed by atoms with Gasteiger partial charge >= 0.3 is 12.4 Å². The van der Waals surface area contributed by atoms with Gasteiger partial charge in [-0.2, -0.15) is 26.3 Å². The highest BCUT2D eigenvalue weighted by atomic mass is 32.2. The number of likely N-dealkylation sites (tertiary alicyclic amines) is 1. The molecule has 1 atom stereocenters. The van der Waals surface area contributed by atoms with E-state index in [1.54, 1.807) is 12.5 Å². The molecule has 0 aliphatic carbocycles. The SMILES string of the molecule is CC(C)(C1CCN(C(=O)[C@@H](O)Cc2c[nH+]c[nH]2)CC1)S(=O)(=O)c1cccc(C(F)(F)F)c1.O=C([O-])C(F)(F)F. The number of H-pyrrole nitrogens is 2. The van der Waals surface area contributed by atoms with Crippen molar-refractivity contribution < 1.29 is 59.5 Å². The van der Waals surface area contributed by atoms with E-state index in [2.05, 4.69) is 9.97 Å². The second kappa shape index (κ2) is 11.9. The molecule has 1 aliphatic rings. The summed E-state index contributed by atoms with van der Waals surface area (Å²) >= 11 is 0. The number of hydrogen-bond acceptors (Lipinski definition) is 6. The van der Waals surface area contributed by atoms with Crippen molar-refractivity contribution in [1.29, 1.82) is 0 Å². The van der Waals surface area contributed by atoms with Crippen molar-refractivity contribution >= 4 is 21.7 Å². The van der Waals surface area contributed by atoms with Crippen LogP contribution in [0.4, 0.5) is 26.3 Å². The number of rotatable bonds is 6. The number of alkyl halides is 6. The summed E-state index contributed by atoms with van der Waals surface area (Å²) in [5.74, 6) is -3.80. The van der Waals surface area contributed by atoms with Crippen LogP contribution in [0.2, 0.25) is 0 Å². The van der Waals surface area contributed by atoms with Gasteiger partial charge in [-0.25, -0.2) is 13.4 Å². The molecule has 0 radical (unpaired) electrons. The highest BCUT2D eigenvalue weighted by Crippen LogP contribution is 2.39. The number of aromatic amines is 2. The maximum absolute atomic E-state index is 13.2. The van der Waals surface area contributed by atoms with Gasteiger partial charge < -0.3 is 19.9 Å².